The standard InChI is InChI=1S/C15H10BrN3O3/c16-13-6-5-12(22-13)15(21)19-17-8-10-7-9-3-1-2-4-11(9)18-14(10)20/h1-8H,(H,18,20)(H,19,21)/b17-8+. The number of hydrazone groups is 1. The number of pyridine rings is 1. The molecule has 7 heteroatoms. The van der Waals surface area contributed by atoms with E-state index in [1.165, 1.54) is 12.3 Å². The highest BCUT2D eigenvalue weighted by Crippen LogP contribution is 2.13. The number of carbonyl (C=O) groups excluding carboxylic acids is 1. The summed E-state index contributed by atoms with van der Waals surface area (Å²) < 4.78 is 5.54. The molecule has 0 fully saturated rings. The lowest BCUT2D eigenvalue weighted by Gasteiger charge is -1.99. The molecule has 0 spiro atoms. The van der Waals surface area contributed by atoms with E-state index in [0.29, 0.717) is 10.2 Å². The van der Waals surface area contributed by atoms with E-state index in [0.717, 1.165) is 10.9 Å². The zero-order valence-corrected chi connectivity index (χ0v) is 12.8. The van der Waals surface area contributed by atoms with E-state index < -0.39 is 5.91 Å². The molecule has 2 aromatic heterocycles. The molecule has 2 N–H and O–H groups in total. The summed E-state index contributed by atoms with van der Waals surface area (Å²) in [5.41, 5.74) is 3.11. The molecule has 3 aromatic rings. The molecular weight excluding hydrogens is 350 g/mol. The molecule has 0 atom stereocenters. The van der Waals surface area contributed by atoms with Crippen molar-refractivity contribution in [3.05, 3.63) is 68.8 Å². The quantitative estimate of drug-likeness (QED) is 0.556. The predicted octanol–water partition coefficient (Wildman–Crippen LogP) is 2.65. The van der Waals surface area contributed by atoms with E-state index in [2.05, 4.69) is 31.4 Å². The number of furan rings is 1. The lowest BCUT2D eigenvalue weighted by Crippen LogP contribution is -2.18. The van der Waals surface area contributed by atoms with E-state index in [4.69, 9.17) is 4.42 Å². The van der Waals surface area contributed by atoms with Crippen LogP contribution in [-0.2, 0) is 0 Å². The number of halogens is 1. The fraction of sp³-hybridized carbons (Fsp3) is 0. The van der Waals surface area contributed by atoms with Crippen LogP contribution in [0.3, 0.4) is 0 Å². The molecule has 110 valence electrons. The Hall–Kier alpha value is -2.67. The highest BCUT2D eigenvalue weighted by Gasteiger charge is 2.08. The molecule has 2 heterocycles. The number of carbonyl (C=O) groups is 1. The van der Waals surface area contributed by atoms with Gasteiger partial charge in [0.05, 0.1) is 11.8 Å². The van der Waals surface area contributed by atoms with Gasteiger partial charge < -0.3 is 9.40 Å². The highest BCUT2D eigenvalue weighted by atomic mass is 79.9. The Morgan fingerprint density at radius 2 is 2.09 bits per heavy atom. The van der Waals surface area contributed by atoms with Crippen LogP contribution in [-0.4, -0.2) is 17.1 Å². The minimum atomic E-state index is -0.501. The van der Waals surface area contributed by atoms with Crippen LogP contribution in [0.4, 0.5) is 0 Å². The second-order valence-corrected chi connectivity index (χ2v) is 5.23. The number of fused-ring (bicyclic) bond motifs is 1. The zero-order chi connectivity index (χ0) is 15.5. The van der Waals surface area contributed by atoms with Gasteiger partial charge in [-0.15, -0.1) is 0 Å². The van der Waals surface area contributed by atoms with Gasteiger partial charge in [-0.2, -0.15) is 5.10 Å². The first-order chi connectivity index (χ1) is 10.6. The number of rotatable bonds is 3. The SMILES string of the molecule is O=C(N/N=C/c1cc2ccccc2[nH]c1=O)c1ccc(Br)o1. The maximum Gasteiger partial charge on any atom is 0.307 e. The van der Waals surface area contributed by atoms with Crippen molar-refractivity contribution in [2.75, 3.05) is 0 Å². The summed E-state index contributed by atoms with van der Waals surface area (Å²) in [6, 6.07) is 12.2. The van der Waals surface area contributed by atoms with E-state index in [1.807, 2.05) is 24.3 Å². The smallest absolute Gasteiger partial charge is 0.307 e. The number of para-hydroxylation sites is 1. The first-order valence-electron chi connectivity index (χ1n) is 6.34. The van der Waals surface area contributed by atoms with E-state index >= 15 is 0 Å². The van der Waals surface area contributed by atoms with Crippen LogP contribution in [0.25, 0.3) is 10.9 Å². The number of hydrogen-bond acceptors (Lipinski definition) is 4. The summed E-state index contributed by atoms with van der Waals surface area (Å²) in [4.78, 5) is 26.4. The van der Waals surface area contributed by atoms with Gasteiger partial charge in [0.25, 0.3) is 5.56 Å². The van der Waals surface area contributed by atoms with Crippen LogP contribution in [0.2, 0.25) is 0 Å². The number of aromatic amines is 1. The van der Waals surface area contributed by atoms with Crippen molar-refractivity contribution < 1.29 is 9.21 Å². The first kappa shape index (κ1) is 14.3. The van der Waals surface area contributed by atoms with Crippen LogP contribution in [0.1, 0.15) is 16.1 Å². The summed E-state index contributed by atoms with van der Waals surface area (Å²) in [5.74, 6) is -0.379. The van der Waals surface area contributed by atoms with Crippen molar-refractivity contribution in [1.29, 1.82) is 0 Å². The van der Waals surface area contributed by atoms with Gasteiger partial charge in [-0.3, -0.25) is 9.59 Å². The molecule has 1 aromatic carbocycles. The van der Waals surface area contributed by atoms with E-state index in [-0.39, 0.29) is 11.3 Å². The zero-order valence-electron chi connectivity index (χ0n) is 11.2. The molecule has 0 aliphatic heterocycles. The maximum absolute atomic E-state index is 11.9. The second-order valence-electron chi connectivity index (χ2n) is 4.44. The fourth-order valence-corrected chi connectivity index (χ4v) is 2.22. The molecule has 0 aliphatic rings. The number of H-pyrrole nitrogens is 1. The number of aromatic nitrogens is 1. The van der Waals surface area contributed by atoms with Crippen molar-refractivity contribution in [3.63, 3.8) is 0 Å². The van der Waals surface area contributed by atoms with E-state index in [1.54, 1.807) is 12.1 Å². The van der Waals surface area contributed by atoms with Gasteiger partial charge in [-0.05, 0) is 45.6 Å². The van der Waals surface area contributed by atoms with Crippen LogP contribution in [0, 0.1) is 0 Å². The van der Waals surface area contributed by atoms with Crippen molar-refractivity contribution in [2.45, 2.75) is 0 Å². The largest absolute Gasteiger partial charge is 0.444 e. The molecule has 0 aliphatic carbocycles. The topological polar surface area (TPSA) is 87.5 Å². The molecule has 1 amide bonds. The molecule has 0 saturated carbocycles. The normalized spacial score (nSPS) is 11.1. The number of nitrogens with zero attached hydrogens (tertiary/aromatic N) is 1. The fourth-order valence-electron chi connectivity index (χ4n) is 1.91. The van der Waals surface area contributed by atoms with Crippen LogP contribution >= 0.6 is 15.9 Å². The molecule has 6 nitrogen and oxygen atoms in total. The van der Waals surface area contributed by atoms with Crippen LogP contribution in [0.5, 0.6) is 0 Å². The summed E-state index contributed by atoms with van der Waals surface area (Å²) in [6.07, 6.45) is 1.29. The lowest BCUT2D eigenvalue weighted by molar-refractivity contribution is 0.0926. The van der Waals surface area contributed by atoms with Crippen LogP contribution in [0.15, 0.2) is 61.4 Å². The summed E-state index contributed by atoms with van der Waals surface area (Å²) in [6.45, 7) is 0. The third kappa shape index (κ3) is 2.99. The maximum atomic E-state index is 11.9. The molecule has 3 rings (SSSR count). The molecule has 22 heavy (non-hydrogen) atoms. The molecule has 0 saturated heterocycles. The Morgan fingerprint density at radius 1 is 1.27 bits per heavy atom. The number of amides is 1. The van der Waals surface area contributed by atoms with Gasteiger partial charge in [0, 0.05) is 5.52 Å². The van der Waals surface area contributed by atoms with Gasteiger partial charge in [-0.25, -0.2) is 5.43 Å². The second kappa shape index (κ2) is 5.98. The number of nitrogens with one attached hydrogen (secondary N) is 2. The Bertz CT molecular complexity index is 927. The molecule has 0 radical (unpaired) electrons. The van der Waals surface area contributed by atoms with Crippen molar-refractivity contribution in [1.82, 2.24) is 10.4 Å². The Kier molecular flexibility index (Phi) is 3.88. The summed E-state index contributed by atoms with van der Waals surface area (Å²) in [7, 11) is 0. The highest BCUT2D eigenvalue weighted by molar-refractivity contribution is 9.10. The van der Waals surface area contributed by atoms with Gasteiger partial charge in [0.2, 0.25) is 0 Å². The Labute approximate surface area is 133 Å². The van der Waals surface area contributed by atoms with E-state index in [9.17, 15) is 9.59 Å². The molecular formula is C15H10BrN3O3. The minimum absolute atomic E-state index is 0.122. The monoisotopic (exact) mass is 359 g/mol. The van der Waals surface area contributed by atoms with Gasteiger partial charge in [0.15, 0.2) is 10.4 Å². The number of benzene rings is 1. The third-order valence-electron chi connectivity index (χ3n) is 2.95. The van der Waals surface area contributed by atoms with Crippen molar-refractivity contribution in [2.24, 2.45) is 5.10 Å². The summed E-state index contributed by atoms with van der Waals surface area (Å²) in [5, 5.41) is 4.65. The lowest BCUT2D eigenvalue weighted by atomic mass is 10.2. The Balaban J connectivity index is 1.79. The predicted molar refractivity (Wildman–Crippen MR) is 86.0 cm³/mol. The van der Waals surface area contributed by atoms with Gasteiger partial charge >= 0.3 is 5.91 Å². The van der Waals surface area contributed by atoms with Gasteiger partial charge in [0.1, 0.15) is 0 Å². The minimum Gasteiger partial charge on any atom is -0.444 e. The third-order valence-corrected chi connectivity index (χ3v) is 3.38. The molecule has 0 bridgehead atoms. The van der Waals surface area contributed by atoms with Crippen LogP contribution < -0.4 is 11.0 Å². The Morgan fingerprint density at radius 3 is 2.86 bits per heavy atom. The summed E-state index contributed by atoms with van der Waals surface area (Å²) >= 11 is 3.11. The average molecular weight is 360 g/mol. The van der Waals surface area contributed by atoms with Crippen molar-refractivity contribution in [3.8, 4) is 0 Å². The van der Waals surface area contributed by atoms with Gasteiger partial charge in [-0.1, -0.05) is 18.2 Å². The van der Waals surface area contributed by atoms with Crippen molar-refractivity contribution >= 4 is 39.0 Å². The number of hydrogen-bond donors (Lipinski definition) is 2. The first-order valence-corrected chi connectivity index (χ1v) is 7.13. The average Bonchev–Trinajstić information content (AvgIpc) is 2.94. The molecule has 0 unspecified atom stereocenters.